The maximum Gasteiger partial charge on any atom is 0.0478 e. The van der Waals surface area contributed by atoms with Crippen LogP contribution < -0.4 is 5.73 Å². The maximum absolute atomic E-state index is 5.84. The van der Waals surface area contributed by atoms with Crippen molar-refractivity contribution in [3.63, 3.8) is 0 Å². The molecule has 0 bridgehead atoms. The number of benzene rings is 1. The first kappa shape index (κ1) is 14.2. The van der Waals surface area contributed by atoms with Crippen LogP contribution >= 0.6 is 12.4 Å². The monoisotopic (exact) mass is 225 g/mol. The molecule has 0 saturated carbocycles. The predicted octanol–water partition coefficient (Wildman–Crippen LogP) is 3.59. The topological polar surface area (TPSA) is 26.0 Å². The summed E-state index contributed by atoms with van der Waals surface area (Å²) in [5, 5.41) is 0. The van der Waals surface area contributed by atoms with Crippen molar-refractivity contribution < 1.29 is 0 Å². The molecule has 0 aromatic heterocycles. The van der Waals surface area contributed by atoms with Crippen LogP contribution in [0, 0.1) is 0 Å². The minimum Gasteiger partial charge on any atom is -0.321 e. The molecular weight excluding hydrogens is 206 g/mol. The van der Waals surface area contributed by atoms with Gasteiger partial charge in [-0.1, -0.05) is 51.1 Å². The van der Waals surface area contributed by atoms with E-state index < -0.39 is 0 Å². The van der Waals surface area contributed by atoms with E-state index in [4.69, 9.17) is 5.73 Å². The van der Waals surface area contributed by atoms with E-state index in [1.165, 1.54) is 5.56 Å². The SMILES string of the molecule is C=C[C@H](N)c1ccc(C(C)(C)C)cc1.Cl. The van der Waals surface area contributed by atoms with Crippen molar-refractivity contribution in [3.8, 4) is 0 Å². The van der Waals surface area contributed by atoms with Crippen LogP contribution in [0.2, 0.25) is 0 Å². The average Bonchev–Trinajstić information content (AvgIpc) is 2.15. The molecule has 1 nitrogen and oxygen atoms in total. The van der Waals surface area contributed by atoms with Crippen molar-refractivity contribution in [3.05, 3.63) is 48.0 Å². The van der Waals surface area contributed by atoms with Gasteiger partial charge in [0.1, 0.15) is 0 Å². The highest BCUT2D eigenvalue weighted by Crippen LogP contribution is 2.23. The van der Waals surface area contributed by atoms with Gasteiger partial charge in [-0.05, 0) is 16.5 Å². The normalized spacial score (nSPS) is 12.8. The molecule has 0 aliphatic heterocycles. The van der Waals surface area contributed by atoms with Crippen LogP contribution in [-0.4, -0.2) is 0 Å². The second-order valence-corrected chi connectivity index (χ2v) is 4.63. The van der Waals surface area contributed by atoms with Crippen molar-refractivity contribution in [1.82, 2.24) is 0 Å². The summed E-state index contributed by atoms with van der Waals surface area (Å²) in [6, 6.07) is 8.38. The van der Waals surface area contributed by atoms with Crippen LogP contribution in [0.15, 0.2) is 36.9 Å². The average molecular weight is 226 g/mol. The summed E-state index contributed by atoms with van der Waals surface area (Å²) in [6.45, 7) is 10.3. The summed E-state index contributed by atoms with van der Waals surface area (Å²) in [6.07, 6.45) is 1.76. The van der Waals surface area contributed by atoms with Crippen LogP contribution in [0.5, 0.6) is 0 Å². The van der Waals surface area contributed by atoms with Crippen molar-refractivity contribution in [1.29, 1.82) is 0 Å². The standard InChI is InChI=1S/C13H19N.ClH/c1-5-12(14)10-6-8-11(9-7-10)13(2,3)4;/h5-9,12H,1,14H2,2-4H3;1H/t12-;/m0./s1. The molecule has 0 aliphatic rings. The number of nitrogens with two attached hydrogens (primary N) is 1. The Hall–Kier alpha value is -0.790. The van der Waals surface area contributed by atoms with Crippen molar-refractivity contribution in [2.75, 3.05) is 0 Å². The fourth-order valence-electron chi connectivity index (χ4n) is 1.34. The maximum atomic E-state index is 5.84. The Bertz CT molecular complexity index is 308. The number of hydrogen-bond acceptors (Lipinski definition) is 1. The fourth-order valence-corrected chi connectivity index (χ4v) is 1.34. The van der Waals surface area contributed by atoms with E-state index in [1.807, 2.05) is 0 Å². The lowest BCUT2D eigenvalue weighted by Gasteiger charge is -2.19. The Morgan fingerprint density at radius 2 is 1.67 bits per heavy atom. The van der Waals surface area contributed by atoms with Crippen molar-refractivity contribution >= 4 is 12.4 Å². The van der Waals surface area contributed by atoms with E-state index >= 15 is 0 Å². The first-order chi connectivity index (χ1) is 6.45. The molecule has 0 unspecified atom stereocenters. The van der Waals surface area contributed by atoms with Crippen LogP contribution in [0.4, 0.5) is 0 Å². The van der Waals surface area contributed by atoms with E-state index in [1.54, 1.807) is 6.08 Å². The molecule has 0 radical (unpaired) electrons. The van der Waals surface area contributed by atoms with Crippen LogP contribution in [0.1, 0.15) is 37.9 Å². The molecule has 0 spiro atoms. The van der Waals surface area contributed by atoms with Crippen LogP contribution in [0.25, 0.3) is 0 Å². The molecule has 2 N–H and O–H groups in total. The molecule has 1 rings (SSSR count). The summed E-state index contributed by atoms with van der Waals surface area (Å²) in [5.41, 5.74) is 8.49. The molecule has 84 valence electrons. The molecule has 15 heavy (non-hydrogen) atoms. The number of hydrogen-bond donors (Lipinski definition) is 1. The van der Waals surface area contributed by atoms with Gasteiger partial charge in [-0.15, -0.1) is 19.0 Å². The van der Waals surface area contributed by atoms with Gasteiger partial charge in [0.15, 0.2) is 0 Å². The van der Waals surface area contributed by atoms with Gasteiger partial charge < -0.3 is 5.73 Å². The minimum atomic E-state index is -0.0518. The zero-order chi connectivity index (χ0) is 10.8. The van der Waals surface area contributed by atoms with Gasteiger partial charge in [0.2, 0.25) is 0 Å². The zero-order valence-electron chi connectivity index (χ0n) is 9.66. The molecule has 1 aromatic rings. The quantitative estimate of drug-likeness (QED) is 0.765. The van der Waals surface area contributed by atoms with E-state index in [-0.39, 0.29) is 23.9 Å². The molecule has 2 heteroatoms. The summed E-state index contributed by atoms with van der Waals surface area (Å²) >= 11 is 0. The van der Waals surface area contributed by atoms with E-state index in [0.29, 0.717) is 0 Å². The van der Waals surface area contributed by atoms with E-state index in [9.17, 15) is 0 Å². The molecule has 0 fully saturated rings. The number of halogens is 1. The minimum absolute atomic E-state index is 0. The summed E-state index contributed by atoms with van der Waals surface area (Å²) < 4.78 is 0. The summed E-state index contributed by atoms with van der Waals surface area (Å²) in [5.74, 6) is 0. The van der Waals surface area contributed by atoms with Gasteiger partial charge in [0, 0.05) is 6.04 Å². The smallest absolute Gasteiger partial charge is 0.0478 e. The molecule has 0 saturated heterocycles. The lowest BCUT2D eigenvalue weighted by molar-refractivity contribution is 0.590. The Labute approximate surface area is 98.8 Å². The lowest BCUT2D eigenvalue weighted by Crippen LogP contribution is -2.12. The van der Waals surface area contributed by atoms with Crippen molar-refractivity contribution in [2.24, 2.45) is 5.73 Å². The molecule has 1 aromatic carbocycles. The van der Waals surface area contributed by atoms with E-state index in [0.717, 1.165) is 5.56 Å². The Balaban J connectivity index is 0.00000196. The molecule has 0 heterocycles. The highest BCUT2D eigenvalue weighted by atomic mass is 35.5. The van der Waals surface area contributed by atoms with Gasteiger partial charge >= 0.3 is 0 Å². The summed E-state index contributed by atoms with van der Waals surface area (Å²) in [4.78, 5) is 0. The highest BCUT2D eigenvalue weighted by molar-refractivity contribution is 5.85. The molecular formula is C13H20ClN. The Morgan fingerprint density at radius 3 is 2.00 bits per heavy atom. The third-order valence-corrected chi connectivity index (χ3v) is 2.42. The second-order valence-electron chi connectivity index (χ2n) is 4.63. The predicted molar refractivity (Wildman–Crippen MR) is 69.5 cm³/mol. The van der Waals surface area contributed by atoms with Gasteiger partial charge in [-0.3, -0.25) is 0 Å². The third-order valence-electron chi connectivity index (χ3n) is 2.42. The largest absolute Gasteiger partial charge is 0.321 e. The van der Waals surface area contributed by atoms with Gasteiger partial charge in [-0.2, -0.15) is 0 Å². The van der Waals surface area contributed by atoms with Gasteiger partial charge in [0.25, 0.3) is 0 Å². The second kappa shape index (κ2) is 5.34. The fraction of sp³-hybridized carbons (Fsp3) is 0.385. The number of rotatable bonds is 2. The summed E-state index contributed by atoms with van der Waals surface area (Å²) in [7, 11) is 0. The van der Waals surface area contributed by atoms with Crippen LogP contribution in [-0.2, 0) is 5.41 Å². The molecule has 0 aliphatic carbocycles. The van der Waals surface area contributed by atoms with E-state index in [2.05, 4.69) is 51.6 Å². The van der Waals surface area contributed by atoms with Gasteiger partial charge in [-0.25, -0.2) is 0 Å². The third kappa shape index (κ3) is 3.69. The van der Waals surface area contributed by atoms with Crippen molar-refractivity contribution in [2.45, 2.75) is 32.2 Å². The Kier molecular flexibility index (Phi) is 5.06. The van der Waals surface area contributed by atoms with Gasteiger partial charge in [0.05, 0.1) is 0 Å². The first-order valence-electron chi connectivity index (χ1n) is 4.93. The first-order valence-corrected chi connectivity index (χ1v) is 4.93. The van der Waals surface area contributed by atoms with Crippen LogP contribution in [0.3, 0.4) is 0 Å². The molecule has 0 amide bonds. The molecule has 1 atom stereocenters. The Morgan fingerprint density at radius 1 is 1.20 bits per heavy atom. The zero-order valence-corrected chi connectivity index (χ0v) is 10.5. The lowest BCUT2D eigenvalue weighted by atomic mass is 9.86. The highest BCUT2D eigenvalue weighted by Gasteiger charge is 2.13.